The summed E-state index contributed by atoms with van der Waals surface area (Å²) < 4.78 is 27.1. The maximum absolute atomic E-state index is 12.4. The van der Waals surface area contributed by atoms with Crippen molar-refractivity contribution in [1.29, 1.82) is 0 Å². The third-order valence-corrected chi connectivity index (χ3v) is 6.41. The van der Waals surface area contributed by atoms with Crippen LogP contribution in [-0.2, 0) is 16.6 Å². The van der Waals surface area contributed by atoms with Crippen molar-refractivity contribution in [1.82, 2.24) is 4.31 Å². The first kappa shape index (κ1) is 15.0. The standard InChI is InChI=1S/C12H11BrClNO2S2/c1-15(7-9-6-12(13)18-8-9)19(16,17)11-5-3-2-4-10(11)14/h2-6,8H,7H2,1H3. The van der Waals surface area contributed by atoms with Crippen molar-refractivity contribution in [3.63, 3.8) is 0 Å². The molecular formula is C12H11BrClNO2S2. The van der Waals surface area contributed by atoms with Gasteiger partial charge in [0.05, 0.1) is 8.81 Å². The van der Waals surface area contributed by atoms with Crippen LogP contribution >= 0.6 is 38.9 Å². The SMILES string of the molecule is CN(Cc1csc(Br)c1)S(=O)(=O)c1ccccc1Cl. The molecule has 0 spiro atoms. The van der Waals surface area contributed by atoms with Crippen molar-refractivity contribution < 1.29 is 8.42 Å². The third kappa shape index (κ3) is 3.38. The third-order valence-electron chi connectivity index (χ3n) is 2.55. The van der Waals surface area contributed by atoms with E-state index in [2.05, 4.69) is 15.9 Å². The van der Waals surface area contributed by atoms with Crippen LogP contribution < -0.4 is 0 Å². The Kier molecular flexibility index (Phi) is 4.68. The normalized spacial score (nSPS) is 12.0. The predicted octanol–water partition coefficient (Wildman–Crippen LogP) is 3.98. The molecule has 19 heavy (non-hydrogen) atoms. The molecule has 0 aliphatic carbocycles. The summed E-state index contributed by atoms with van der Waals surface area (Å²) in [6, 6.07) is 8.36. The smallest absolute Gasteiger partial charge is 0.207 e. The van der Waals surface area contributed by atoms with Gasteiger partial charge in [0.1, 0.15) is 4.90 Å². The molecule has 0 saturated heterocycles. The Bertz CT molecular complexity index is 685. The van der Waals surface area contributed by atoms with E-state index >= 15 is 0 Å². The van der Waals surface area contributed by atoms with E-state index in [9.17, 15) is 8.42 Å². The molecule has 1 aromatic heterocycles. The lowest BCUT2D eigenvalue weighted by atomic mass is 10.3. The van der Waals surface area contributed by atoms with Gasteiger partial charge in [-0.15, -0.1) is 11.3 Å². The van der Waals surface area contributed by atoms with Crippen LogP contribution in [0.25, 0.3) is 0 Å². The van der Waals surface area contributed by atoms with Gasteiger partial charge in [-0.25, -0.2) is 8.42 Å². The zero-order valence-electron chi connectivity index (χ0n) is 10.0. The van der Waals surface area contributed by atoms with Crippen LogP contribution in [0, 0.1) is 0 Å². The van der Waals surface area contributed by atoms with Gasteiger partial charge in [0.15, 0.2) is 0 Å². The molecule has 0 bridgehead atoms. The van der Waals surface area contributed by atoms with Crippen LogP contribution in [0.2, 0.25) is 5.02 Å². The van der Waals surface area contributed by atoms with E-state index in [0.29, 0.717) is 6.54 Å². The number of sulfonamides is 1. The van der Waals surface area contributed by atoms with Crippen LogP contribution in [0.5, 0.6) is 0 Å². The summed E-state index contributed by atoms with van der Waals surface area (Å²) in [5, 5.41) is 2.16. The van der Waals surface area contributed by atoms with Crippen LogP contribution in [0.1, 0.15) is 5.56 Å². The van der Waals surface area contributed by atoms with Gasteiger partial charge in [-0.3, -0.25) is 0 Å². The van der Waals surface area contributed by atoms with Gasteiger partial charge in [-0.05, 0) is 45.1 Å². The Balaban J connectivity index is 2.27. The van der Waals surface area contributed by atoms with E-state index in [4.69, 9.17) is 11.6 Å². The van der Waals surface area contributed by atoms with Crippen LogP contribution in [0.3, 0.4) is 0 Å². The number of nitrogens with zero attached hydrogens (tertiary/aromatic N) is 1. The molecule has 0 atom stereocenters. The molecule has 0 saturated carbocycles. The molecule has 1 heterocycles. The quantitative estimate of drug-likeness (QED) is 0.804. The average molecular weight is 381 g/mol. The van der Waals surface area contributed by atoms with Gasteiger partial charge in [0.2, 0.25) is 10.0 Å². The number of benzene rings is 1. The molecule has 0 unspecified atom stereocenters. The van der Waals surface area contributed by atoms with Gasteiger partial charge in [0.25, 0.3) is 0 Å². The molecule has 1 aromatic carbocycles. The van der Waals surface area contributed by atoms with Gasteiger partial charge < -0.3 is 0 Å². The van der Waals surface area contributed by atoms with E-state index in [1.165, 1.54) is 21.7 Å². The van der Waals surface area contributed by atoms with Crippen molar-refractivity contribution in [2.75, 3.05) is 7.05 Å². The Hall–Kier alpha value is -0.400. The van der Waals surface area contributed by atoms with E-state index in [1.807, 2.05) is 11.4 Å². The van der Waals surface area contributed by atoms with Crippen molar-refractivity contribution in [2.24, 2.45) is 0 Å². The number of rotatable bonds is 4. The molecule has 3 nitrogen and oxygen atoms in total. The first-order chi connectivity index (χ1) is 8.91. The first-order valence-electron chi connectivity index (χ1n) is 5.35. The number of hydrogen-bond acceptors (Lipinski definition) is 3. The van der Waals surface area contributed by atoms with Gasteiger partial charge in [-0.2, -0.15) is 4.31 Å². The van der Waals surface area contributed by atoms with Gasteiger partial charge in [0, 0.05) is 13.6 Å². The van der Waals surface area contributed by atoms with E-state index in [-0.39, 0.29) is 9.92 Å². The average Bonchev–Trinajstić information content (AvgIpc) is 2.75. The summed E-state index contributed by atoms with van der Waals surface area (Å²) in [6.45, 7) is 0.315. The Morgan fingerprint density at radius 2 is 2.05 bits per heavy atom. The minimum Gasteiger partial charge on any atom is -0.207 e. The molecule has 0 radical (unpaired) electrons. The molecular weight excluding hydrogens is 370 g/mol. The van der Waals surface area contributed by atoms with Crippen molar-refractivity contribution in [3.8, 4) is 0 Å². The molecule has 0 fully saturated rings. The summed E-state index contributed by atoms with van der Waals surface area (Å²) >= 11 is 10.8. The van der Waals surface area contributed by atoms with Crippen molar-refractivity contribution >= 4 is 48.9 Å². The highest BCUT2D eigenvalue weighted by molar-refractivity contribution is 9.11. The summed E-state index contributed by atoms with van der Waals surface area (Å²) in [4.78, 5) is 0.133. The highest BCUT2D eigenvalue weighted by atomic mass is 79.9. The summed E-state index contributed by atoms with van der Waals surface area (Å²) in [6.07, 6.45) is 0. The highest BCUT2D eigenvalue weighted by Crippen LogP contribution is 2.26. The molecule has 102 valence electrons. The van der Waals surface area contributed by atoms with E-state index < -0.39 is 10.0 Å². The second-order valence-corrected chi connectivity index (χ2v) is 8.66. The van der Waals surface area contributed by atoms with Crippen LogP contribution in [0.4, 0.5) is 0 Å². The molecule has 0 N–H and O–H groups in total. The minimum absolute atomic E-state index is 0.133. The van der Waals surface area contributed by atoms with Gasteiger partial charge in [-0.1, -0.05) is 23.7 Å². The number of thiophene rings is 1. The first-order valence-corrected chi connectivity index (χ1v) is 8.84. The fourth-order valence-electron chi connectivity index (χ4n) is 1.59. The monoisotopic (exact) mass is 379 g/mol. The molecule has 2 rings (SSSR count). The minimum atomic E-state index is -3.57. The lowest BCUT2D eigenvalue weighted by Gasteiger charge is -2.17. The lowest BCUT2D eigenvalue weighted by molar-refractivity contribution is 0.467. The zero-order valence-corrected chi connectivity index (χ0v) is 14.0. The molecule has 0 amide bonds. The molecule has 2 aromatic rings. The topological polar surface area (TPSA) is 37.4 Å². The summed E-state index contributed by atoms with van der Waals surface area (Å²) in [5.74, 6) is 0. The fraction of sp³-hybridized carbons (Fsp3) is 0.167. The maximum Gasteiger partial charge on any atom is 0.244 e. The fourth-order valence-corrected chi connectivity index (χ4v) is 4.44. The molecule has 0 aliphatic heterocycles. The second kappa shape index (κ2) is 5.93. The predicted molar refractivity (Wildman–Crippen MR) is 82.1 cm³/mol. The summed E-state index contributed by atoms with van der Waals surface area (Å²) in [7, 11) is -2.02. The zero-order chi connectivity index (χ0) is 14.0. The van der Waals surface area contributed by atoms with Gasteiger partial charge >= 0.3 is 0 Å². The summed E-state index contributed by atoms with van der Waals surface area (Å²) in [5.41, 5.74) is 0.940. The second-order valence-electron chi connectivity index (χ2n) is 3.95. The van der Waals surface area contributed by atoms with E-state index in [1.54, 1.807) is 25.2 Å². The highest BCUT2D eigenvalue weighted by Gasteiger charge is 2.23. The Morgan fingerprint density at radius 3 is 2.63 bits per heavy atom. The van der Waals surface area contributed by atoms with Crippen LogP contribution in [-0.4, -0.2) is 19.8 Å². The maximum atomic E-state index is 12.4. The van der Waals surface area contributed by atoms with Crippen molar-refractivity contribution in [3.05, 3.63) is 50.1 Å². The molecule has 0 aliphatic rings. The van der Waals surface area contributed by atoms with Crippen LogP contribution in [0.15, 0.2) is 44.4 Å². The molecule has 7 heteroatoms. The van der Waals surface area contributed by atoms with E-state index in [0.717, 1.165) is 9.35 Å². The largest absolute Gasteiger partial charge is 0.244 e. The number of hydrogen-bond donors (Lipinski definition) is 0. The Labute approximate surface area is 130 Å². The number of halogens is 2. The van der Waals surface area contributed by atoms with Crippen molar-refractivity contribution in [2.45, 2.75) is 11.4 Å². The Morgan fingerprint density at radius 1 is 1.37 bits per heavy atom. The lowest BCUT2D eigenvalue weighted by Crippen LogP contribution is -2.26.